The van der Waals surface area contributed by atoms with E-state index in [1.54, 1.807) is 0 Å². The predicted molar refractivity (Wildman–Crippen MR) is 220 cm³/mol. The molecule has 10 aromatic rings. The molecule has 5 nitrogen and oxygen atoms in total. The Morgan fingerprint density at radius 2 is 1.07 bits per heavy atom. The molecule has 2 aliphatic heterocycles. The molecule has 0 spiro atoms. The van der Waals surface area contributed by atoms with E-state index < -0.39 is 0 Å². The maximum atomic E-state index is 7.06. The van der Waals surface area contributed by atoms with Gasteiger partial charge in [0.2, 0.25) is 0 Å². The Morgan fingerprint density at radius 3 is 1.81 bits per heavy atom. The Kier molecular flexibility index (Phi) is 6.08. The van der Waals surface area contributed by atoms with E-state index in [1.807, 2.05) is 24.3 Å². The lowest BCUT2D eigenvalue weighted by Crippen LogP contribution is -2.57. The van der Waals surface area contributed by atoms with Crippen LogP contribution in [0.25, 0.3) is 49.4 Å². The largest absolute Gasteiger partial charge is 0.456 e. The first-order valence-electron chi connectivity index (χ1n) is 18.3. The normalized spacial score (nSPS) is 12.7. The summed E-state index contributed by atoms with van der Waals surface area (Å²) < 4.78 is 22.7. The number of rotatable bonds is 4. The quantitative estimate of drug-likeness (QED) is 0.172. The zero-order valence-electron chi connectivity index (χ0n) is 28.9. The number of hydrogen-bond acceptors (Lipinski definition) is 4. The van der Waals surface area contributed by atoms with Gasteiger partial charge in [-0.2, -0.15) is 0 Å². The highest BCUT2D eigenvalue weighted by Crippen LogP contribution is 2.45. The molecule has 54 heavy (non-hydrogen) atoms. The van der Waals surface area contributed by atoms with Crippen molar-refractivity contribution in [3.63, 3.8) is 0 Å². The van der Waals surface area contributed by atoms with Crippen LogP contribution in [0.3, 0.4) is 0 Å². The summed E-state index contributed by atoms with van der Waals surface area (Å²) in [5.74, 6) is 3.21. The van der Waals surface area contributed by atoms with Crippen molar-refractivity contribution < 1.29 is 13.9 Å². The molecule has 0 saturated carbocycles. The van der Waals surface area contributed by atoms with Crippen LogP contribution in [0.2, 0.25) is 0 Å². The van der Waals surface area contributed by atoms with Gasteiger partial charge in [0, 0.05) is 49.8 Å². The van der Waals surface area contributed by atoms with Gasteiger partial charge in [-0.05, 0) is 77.7 Å². The summed E-state index contributed by atoms with van der Waals surface area (Å²) in [5, 5.41) is 4.41. The van der Waals surface area contributed by atoms with E-state index in [2.05, 4.69) is 161 Å². The third kappa shape index (κ3) is 4.10. The molecule has 12 rings (SSSR count). The van der Waals surface area contributed by atoms with Crippen LogP contribution in [0.4, 0.5) is 17.1 Å². The number of furan rings is 1. The molecular weight excluding hydrogens is 663 g/mol. The van der Waals surface area contributed by atoms with Crippen molar-refractivity contribution in [3.05, 3.63) is 176 Å². The highest BCUT2D eigenvalue weighted by Gasteiger charge is 2.42. The molecule has 0 amide bonds. The van der Waals surface area contributed by atoms with Gasteiger partial charge in [-0.15, -0.1) is 0 Å². The van der Waals surface area contributed by atoms with Crippen molar-refractivity contribution in [2.24, 2.45) is 0 Å². The molecule has 252 valence electrons. The van der Waals surface area contributed by atoms with E-state index in [0.29, 0.717) is 0 Å². The number of para-hydroxylation sites is 4. The van der Waals surface area contributed by atoms with Gasteiger partial charge in [0.15, 0.2) is 11.3 Å². The molecule has 4 heterocycles. The van der Waals surface area contributed by atoms with Crippen LogP contribution in [0.1, 0.15) is 0 Å². The highest BCUT2D eigenvalue weighted by atomic mass is 16.5. The summed E-state index contributed by atoms with van der Waals surface area (Å²) in [6.07, 6.45) is 0. The number of nitrogens with zero attached hydrogens (tertiary/aromatic N) is 2. The van der Waals surface area contributed by atoms with Crippen molar-refractivity contribution in [2.45, 2.75) is 0 Å². The molecule has 2 aliphatic rings. The lowest BCUT2D eigenvalue weighted by Gasteiger charge is -2.33. The average Bonchev–Trinajstić information content (AvgIpc) is 3.78. The number of fused-ring (bicyclic) bond motifs is 12. The molecule has 8 aromatic carbocycles. The van der Waals surface area contributed by atoms with Gasteiger partial charge >= 0.3 is 0 Å². The molecule has 6 heteroatoms. The minimum absolute atomic E-state index is 0.116. The molecule has 0 unspecified atom stereocenters. The summed E-state index contributed by atoms with van der Waals surface area (Å²) in [7, 11) is 0. The van der Waals surface area contributed by atoms with Crippen molar-refractivity contribution in [3.8, 4) is 28.7 Å². The van der Waals surface area contributed by atoms with Crippen LogP contribution < -0.4 is 30.8 Å². The molecule has 0 atom stereocenters. The first-order chi connectivity index (χ1) is 26.8. The Hall–Kier alpha value is -7.18. The van der Waals surface area contributed by atoms with Crippen LogP contribution in [0.15, 0.2) is 180 Å². The predicted octanol–water partition coefficient (Wildman–Crippen LogP) is 10.9. The van der Waals surface area contributed by atoms with Gasteiger partial charge in [0.05, 0.1) is 11.0 Å². The van der Waals surface area contributed by atoms with Gasteiger partial charge < -0.3 is 23.4 Å². The molecule has 0 saturated heterocycles. The fraction of sp³-hybridized carbons (Fsp3) is 0. The zero-order valence-corrected chi connectivity index (χ0v) is 28.9. The van der Waals surface area contributed by atoms with E-state index >= 15 is 0 Å². The maximum absolute atomic E-state index is 7.06. The fourth-order valence-corrected chi connectivity index (χ4v) is 8.80. The van der Waals surface area contributed by atoms with Crippen molar-refractivity contribution in [1.29, 1.82) is 0 Å². The number of aromatic nitrogens is 1. The first kappa shape index (κ1) is 29.4. The summed E-state index contributed by atoms with van der Waals surface area (Å²) in [6, 6.07) is 61.7. The molecular formula is C48H29BN2O3. The van der Waals surface area contributed by atoms with Crippen LogP contribution in [-0.2, 0) is 0 Å². The summed E-state index contributed by atoms with van der Waals surface area (Å²) in [5.41, 5.74) is 11.3. The second-order valence-electron chi connectivity index (χ2n) is 14.0. The number of anilines is 3. The smallest absolute Gasteiger partial charge is 0.260 e. The van der Waals surface area contributed by atoms with Crippen LogP contribution in [0, 0.1) is 0 Å². The number of benzene rings is 8. The zero-order chi connectivity index (χ0) is 35.3. The molecule has 0 fully saturated rings. The second kappa shape index (κ2) is 11.2. The maximum Gasteiger partial charge on any atom is 0.260 e. The summed E-state index contributed by atoms with van der Waals surface area (Å²) in [4.78, 5) is 2.31. The standard InChI is InChI=1S/C48H29BN2O3/c1-4-13-30(14-5-1)50(31-15-6-2-7-16-31)33-23-24-34-36-25-27-38-47(45(36)51(40(34)29-33)32-17-8-3-9-18-32)53-42-21-12-22-43-44(42)49(38)39-28-26-37-35-19-10-11-20-41(35)52-46(37)48(39)54-43/h1-29H. The van der Waals surface area contributed by atoms with Crippen molar-refractivity contribution in [2.75, 3.05) is 4.90 Å². The third-order valence-electron chi connectivity index (χ3n) is 11.1. The summed E-state index contributed by atoms with van der Waals surface area (Å²) >= 11 is 0. The SMILES string of the molecule is c1ccc(N(c2ccccc2)c2ccc3c4ccc5c(c4n(-c4ccccc4)c3c2)Oc2cccc3c2B5c2ccc4c(oc5ccccc54)c2O3)cc1. The van der Waals surface area contributed by atoms with E-state index in [0.717, 1.165) is 106 Å². The molecule has 0 bridgehead atoms. The fourth-order valence-electron chi connectivity index (χ4n) is 8.80. The number of hydrogen-bond donors (Lipinski definition) is 0. The minimum atomic E-state index is -0.116. The lowest BCUT2D eigenvalue weighted by molar-refractivity contribution is 0.463. The topological polar surface area (TPSA) is 39.8 Å². The van der Waals surface area contributed by atoms with E-state index in [4.69, 9.17) is 13.9 Å². The molecule has 0 N–H and O–H groups in total. The van der Waals surface area contributed by atoms with Gasteiger partial charge in [-0.3, -0.25) is 0 Å². The molecule has 0 radical (unpaired) electrons. The lowest BCUT2D eigenvalue weighted by atomic mass is 9.35. The monoisotopic (exact) mass is 692 g/mol. The van der Waals surface area contributed by atoms with Crippen molar-refractivity contribution >= 4 is 83.9 Å². The Labute approximate surface area is 310 Å². The first-order valence-corrected chi connectivity index (χ1v) is 18.3. The van der Waals surface area contributed by atoms with Crippen LogP contribution in [-0.4, -0.2) is 11.3 Å². The van der Waals surface area contributed by atoms with Crippen LogP contribution >= 0.6 is 0 Å². The minimum Gasteiger partial charge on any atom is -0.456 e. The van der Waals surface area contributed by atoms with E-state index in [1.165, 1.54) is 0 Å². The highest BCUT2D eigenvalue weighted by molar-refractivity contribution is 6.98. The van der Waals surface area contributed by atoms with E-state index in [-0.39, 0.29) is 6.71 Å². The summed E-state index contributed by atoms with van der Waals surface area (Å²) in [6.45, 7) is -0.116. The van der Waals surface area contributed by atoms with Crippen LogP contribution in [0.5, 0.6) is 23.0 Å². The molecule has 2 aromatic heterocycles. The Morgan fingerprint density at radius 1 is 0.463 bits per heavy atom. The number of ether oxygens (including phenoxy) is 2. The second-order valence-corrected chi connectivity index (χ2v) is 14.0. The Bertz CT molecular complexity index is 3080. The van der Waals surface area contributed by atoms with Gasteiger partial charge in [0.1, 0.15) is 22.8 Å². The average molecular weight is 693 g/mol. The Balaban J connectivity index is 1.14. The van der Waals surface area contributed by atoms with Gasteiger partial charge in [-0.1, -0.05) is 109 Å². The molecule has 0 aliphatic carbocycles. The third-order valence-corrected chi connectivity index (χ3v) is 11.1. The van der Waals surface area contributed by atoms with Gasteiger partial charge in [-0.25, -0.2) is 0 Å². The van der Waals surface area contributed by atoms with E-state index in [9.17, 15) is 0 Å². The van der Waals surface area contributed by atoms with Crippen molar-refractivity contribution in [1.82, 2.24) is 4.57 Å². The van der Waals surface area contributed by atoms with Gasteiger partial charge in [0.25, 0.3) is 6.71 Å².